The van der Waals surface area contributed by atoms with E-state index in [4.69, 9.17) is 0 Å². The molecule has 0 bridgehead atoms. The predicted molar refractivity (Wildman–Crippen MR) is 71.3 cm³/mol. The molecule has 17 heavy (non-hydrogen) atoms. The zero-order valence-corrected chi connectivity index (χ0v) is 10.6. The lowest BCUT2D eigenvalue weighted by molar-refractivity contribution is 0.425. The molecule has 2 rings (SSSR count). The Hall–Kier alpha value is -1.68. The zero-order chi connectivity index (χ0) is 12.3. The Bertz CT molecular complexity index is 508. The van der Waals surface area contributed by atoms with Gasteiger partial charge in [0.15, 0.2) is 0 Å². The van der Waals surface area contributed by atoms with Crippen molar-refractivity contribution in [1.29, 1.82) is 0 Å². The molecule has 0 aliphatic carbocycles. The molecule has 0 spiro atoms. The number of rotatable bonds is 4. The summed E-state index contributed by atoms with van der Waals surface area (Å²) in [6.07, 6.45) is 1.61. The van der Waals surface area contributed by atoms with Crippen LogP contribution >= 0.6 is 0 Å². The molecule has 1 aromatic heterocycles. The summed E-state index contributed by atoms with van der Waals surface area (Å²) in [6, 6.07) is 6.22. The van der Waals surface area contributed by atoms with E-state index in [-0.39, 0.29) is 0 Å². The normalized spacial score (nSPS) is 11.1. The minimum Gasteiger partial charge on any atom is -0.368 e. The second-order valence-corrected chi connectivity index (χ2v) is 4.47. The maximum atomic E-state index is 4.30. The average molecular weight is 230 g/mol. The van der Waals surface area contributed by atoms with Gasteiger partial charge >= 0.3 is 0 Å². The van der Waals surface area contributed by atoms with Crippen molar-refractivity contribution in [3.63, 3.8) is 0 Å². The summed E-state index contributed by atoms with van der Waals surface area (Å²) in [7, 11) is 4.12. The SMILES string of the molecule is Cc1ccc2ncnc(NCCN(C)C)c2c1. The first-order valence-corrected chi connectivity index (χ1v) is 5.77. The maximum Gasteiger partial charge on any atom is 0.137 e. The van der Waals surface area contributed by atoms with Gasteiger partial charge in [-0.1, -0.05) is 11.6 Å². The van der Waals surface area contributed by atoms with Crippen LogP contribution in [0.25, 0.3) is 10.9 Å². The lowest BCUT2D eigenvalue weighted by atomic mass is 10.1. The second kappa shape index (κ2) is 5.10. The van der Waals surface area contributed by atoms with E-state index in [0.717, 1.165) is 29.8 Å². The Morgan fingerprint density at radius 2 is 2.06 bits per heavy atom. The van der Waals surface area contributed by atoms with E-state index in [0.29, 0.717) is 0 Å². The smallest absolute Gasteiger partial charge is 0.137 e. The second-order valence-electron chi connectivity index (χ2n) is 4.47. The standard InChI is InChI=1S/C13H18N4/c1-10-4-5-12-11(8-10)13(16-9-15-12)14-6-7-17(2)3/h4-5,8-9H,6-7H2,1-3H3,(H,14,15,16). The summed E-state index contributed by atoms with van der Waals surface area (Å²) in [5.74, 6) is 0.917. The molecule has 0 saturated carbocycles. The van der Waals surface area contributed by atoms with Gasteiger partial charge in [-0.05, 0) is 33.2 Å². The van der Waals surface area contributed by atoms with Crippen LogP contribution in [0.5, 0.6) is 0 Å². The van der Waals surface area contributed by atoms with Gasteiger partial charge in [-0.2, -0.15) is 0 Å². The molecule has 90 valence electrons. The summed E-state index contributed by atoms with van der Waals surface area (Å²) in [5.41, 5.74) is 2.21. The van der Waals surface area contributed by atoms with E-state index in [1.165, 1.54) is 5.56 Å². The molecule has 0 saturated heterocycles. The Morgan fingerprint density at radius 1 is 1.24 bits per heavy atom. The molecule has 1 aromatic carbocycles. The van der Waals surface area contributed by atoms with Gasteiger partial charge in [0.25, 0.3) is 0 Å². The first-order valence-electron chi connectivity index (χ1n) is 5.77. The summed E-state index contributed by atoms with van der Waals surface area (Å²) >= 11 is 0. The van der Waals surface area contributed by atoms with Crippen LogP contribution in [0.2, 0.25) is 0 Å². The lowest BCUT2D eigenvalue weighted by Crippen LogP contribution is -2.21. The fraction of sp³-hybridized carbons (Fsp3) is 0.385. The zero-order valence-electron chi connectivity index (χ0n) is 10.6. The van der Waals surface area contributed by atoms with E-state index in [1.54, 1.807) is 6.33 Å². The molecule has 0 unspecified atom stereocenters. The highest BCUT2D eigenvalue weighted by atomic mass is 15.1. The highest BCUT2D eigenvalue weighted by Crippen LogP contribution is 2.19. The van der Waals surface area contributed by atoms with Crippen LogP contribution in [0, 0.1) is 6.92 Å². The quantitative estimate of drug-likeness (QED) is 0.871. The Morgan fingerprint density at radius 3 is 2.82 bits per heavy atom. The largest absolute Gasteiger partial charge is 0.368 e. The summed E-state index contributed by atoms with van der Waals surface area (Å²) in [4.78, 5) is 10.7. The van der Waals surface area contributed by atoms with Gasteiger partial charge in [-0.15, -0.1) is 0 Å². The van der Waals surface area contributed by atoms with Crippen LogP contribution in [0.3, 0.4) is 0 Å². The minimum atomic E-state index is 0.882. The molecule has 2 aromatic rings. The number of hydrogen-bond acceptors (Lipinski definition) is 4. The summed E-state index contributed by atoms with van der Waals surface area (Å²) < 4.78 is 0. The average Bonchev–Trinajstić information content (AvgIpc) is 2.29. The maximum absolute atomic E-state index is 4.30. The Labute approximate surface area is 102 Å². The summed E-state index contributed by atoms with van der Waals surface area (Å²) in [6.45, 7) is 3.94. The first-order chi connectivity index (χ1) is 8.16. The van der Waals surface area contributed by atoms with Gasteiger partial charge < -0.3 is 10.2 Å². The number of nitrogens with one attached hydrogen (secondary N) is 1. The van der Waals surface area contributed by atoms with E-state index in [1.807, 2.05) is 6.07 Å². The van der Waals surface area contributed by atoms with Crippen LogP contribution in [0.15, 0.2) is 24.5 Å². The van der Waals surface area contributed by atoms with Crippen LogP contribution < -0.4 is 5.32 Å². The number of aromatic nitrogens is 2. The van der Waals surface area contributed by atoms with Crippen LogP contribution in [0.1, 0.15) is 5.56 Å². The monoisotopic (exact) mass is 230 g/mol. The molecule has 0 atom stereocenters. The van der Waals surface area contributed by atoms with Gasteiger partial charge in [-0.3, -0.25) is 0 Å². The highest BCUT2D eigenvalue weighted by molar-refractivity contribution is 5.89. The van der Waals surface area contributed by atoms with Crippen LogP contribution in [-0.4, -0.2) is 42.1 Å². The van der Waals surface area contributed by atoms with Crippen LogP contribution in [-0.2, 0) is 0 Å². The van der Waals surface area contributed by atoms with Crippen molar-refractivity contribution in [1.82, 2.24) is 14.9 Å². The van der Waals surface area contributed by atoms with E-state index in [9.17, 15) is 0 Å². The number of fused-ring (bicyclic) bond motifs is 1. The molecule has 0 aliphatic heterocycles. The molecule has 4 nitrogen and oxygen atoms in total. The number of benzene rings is 1. The van der Waals surface area contributed by atoms with Crippen molar-refractivity contribution in [3.05, 3.63) is 30.1 Å². The topological polar surface area (TPSA) is 41.1 Å². The molecule has 0 amide bonds. The molecular weight excluding hydrogens is 212 g/mol. The molecule has 0 aliphatic rings. The molecule has 1 N–H and O–H groups in total. The molecular formula is C13H18N4. The van der Waals surface area contributed by atoms with Crippen molar-refractivity contribution in [2.45, 2.75) is 6.92 Å². The Kier molecular flexibility index (Phi) is 3.54. The lowest BCUT2D eigenvalue weighted by Gasteiger charge is -2.12. The van der Waals surface area contributed by atoms with Crippen molar-refractivity contribution in [2.24, 2.45) is 0 Å². The van der Waals surface area contributed by atoms with E-state index in [2.05, 4.69) is 53.3 Å². The third-order valence-electron chi connectivity index (χ3n) is 2.64. The third kappa shape index (κ3) is 2.91. The molecule has 4 heteroatoms. The predicted octanol–water partition coefficient (Wildman–Crippen LogP) is 1.91. The van der Waals surface area contributed by atoms with Crippen molar-refractivity contribution >= 4 is 16.7 Å². The number of nitrogens with zero attached hydrogens (tertiary/aromatic N) is 3. The van der Waals surface area contributed by atoms with Gasteiger partial charge in [0.2, 0.25) is 0 Å². The van der Waals surface area contributed by atoms with E-state index < -0.39 is 0 Å². The summed E-state index contributed by atoms with van der Waals surface area (Å²) in [5, 5.41) is 4.44. The van der Waals surface area contributed by atoms with Gasteiger partial charge in [0, 0.05) is 18.5 Å². The van der Waals surface area contributed by atoms with Crippen molar-refractivity contribution in [3.8, 4) is 0 Å². The van der Waals surface area contributed by atoms with E-state index >= 15 is 0 Å². The number of hydrogen-bond donors (Lipinski definition) is 1. The first kappa shape index (κ1) is 11.8. The van der Waals surface area contributed by atoms with Gasteiger partial charge in [0.1, 0.15) is 12.1 Å². The number of anilines is 1. The fourth-order valence-electron chi connectivity index (χ4n) is 1.71. The Balaban J connectivity index is 2.24. The van der Waals surface area contributed by atoms with Gasteiger partial charge in [-0.25, -0.2) is 9.97 Å². The third-order valence-corrected chi connectivity index (χ3v) is 2.64. The number of likely N-dealkylation sites (N-methyl/N-ethyl adjacent to an activating group) is 1. The molecule has 0 radical (unpaired) electrons. The molecule has 0 fully saturated rings. The highest BCUT2D eigenvalue weighted by Gasteiger charge is 2.03. The number of aryl methyl sites for hydroxylation is 1. The minimum absolute atomic E-state index is 0.882. The fourth-order valence-corrected chi connectivity index (χ4v) is 1.71. The molecule has 1 heterocycles. The van der Waals surface area contributed by atoms with Crippen molar-refractivity contribution in [2.75, 3.05) is 32.5 Å². The van der Waals surface area contributed by atoms with Gasteiger partial charge in [0.05, 0.1) is 5.52 Å². The van der Waals surface area contributed by atoms with Crippen molar-refractivity contribution < 1.29 is 0 Å². The van der Waals surface area contributed by atoms with Crippen LogP contribution in [0.4, 0.5) is 5.82 Å².